The number of hydrogen-bond acceptors (Lipinski definition) is 4. The highest BCUT2D eigenvalue weighted by atomic mass is 16.4. The van der Waals surface area contributed by atoms with Crippen LogP contribution < -0.4 is 11.1 Å². The molecule has 0 unspecified atom stereocenters. The van der Waals surface area contributed by atoms with Crippen LogP contribution in [-0.2, 0) is 11.2 Å². The third-order valence-electron chi connectivity index (χ3n) is 2.96. The summed E-state index contributed by atoms with van der Waals surface area (Å²) in [6.45, 7) is 1.68. The molecule has 0 aliphatic heterocycles. The predicted octanol–water partition coefficient (Wildman–Crippen LogP) is 1.03. The van der Waals surface area contributed by atoms with Crippen LogP contribution in [-0.4, -0.2) is 33.6 Å². The maximum atomic E-state index is 11.2. The summed E-state index contributed by atoms with van der Waals surface area (Å²) in [6, 6.07) is 1.11. The maximum Gasteiger partial charge on any atom is 0.337 e. The molecule has 0 bridgehead atoms. The number of anilines is 1. The number of H-pyrrole nitrogens is 1. The van der Waals surface area contributed by atoms with Crippen molar-refractivity contribution in [3.63, 3.8) is 0 Å². The van der Waals surface area contributed by atoms with Gasteiger partial charge in [0.1, 0.15) is 5.75 Å². The number of aromatic nitrogens is 1. The molecule has 0 fully saturated rings. The lowest BCUT2D eigenvalue weighted by Gasteiger charge is -2.10. The van der Waals surface area contributed by atoms with Gasteiger partial charge in [0.05, 0.1) is 16.8 Å². The third-order valence-corrected chi connectivity index (χ3v) is 2.96. The number of hydrogen-bond donors (Lipinski definition) is 5. The molecule has 1 aromatic heterocycles. The lowest BCUT2D eigenvalue weighted by Crippen LogP contribution is -2.09. The van der Waals surface area contributed by atoms with Gasteiger partial charge < -0.3 is 26.2 Å². The highest BCUT2D eigenvalue weighted by molar-refractivity contribution is 6.12. The lowest BCUT2D eigenvalue weighted by molar-refractivity contribution is -0.114. The summed E-state index contributed by atoms with van der Waals surface area (Å²) in [5.74, 6) is -1.81. The number of fused-ring (bicyclic) bond motifs is 1. The summed E-state index contributed by atoms with van der Waals surface area (Å²) >= 11 is 0. The average Bonchev–Trinajstić information content (AvgIpc) is 2.76. The van der Waals surface area contributed by atoms with Gasteiger partial charge in [0.25, 0.3) is 0 Å². The molecule has 0 aliphatic rings. The highest BCUT2D eigenvalue weighted by Crippen LogP contribution is 2.37. The topological polar surface area (TPSA) is 128 Å². The number of rotatable bonds is 4. The quantitative estimate of drug-likeness (QED) is 0.533. The number of nitrogens with two attached hydrogens (primary N) is 1. The van der Waals surface area contributed by atoms with Gasteiger partial charge in [-0.05, 0) is 24.6 Å². The van der Waals surface area contributed by atoms with Crippen molar-refractivity contribution < 1.29 is 19.8 Å². The van der Waals surface area contributed by atoms with Crippen LogP contribution in [0.4, 0.5) is 5.69 Å². The van der Waals surface area contributed by atoms with Crippen LogP contribution in [0.15, 0.2) is 12.3 Å². The van der Waals surface area contributed by atoms with Crippen molar-refractivity contribution >= 4 is 28.5 Å². The van der Waals surface area contributed by atoms with E-state index in [1.807, 2.05) is 0 Å². The molecule has 0 atom stereocenters. The van der Waals surface area contributed by atoms with Crippen molar-refractivity contribution in [2.45, 2.75) is 13.3 Å². The Morgan fingerprint density at radius 3 is 2.70 bits per heavy atom. The molecule has 0 aliphatic carbocycles. The molecule has 106 valence electrons. The largest absolute Gasteiger partial charge is 0.506 e. The number of aromatic carboxylic acids is 1. The number of benzene rings is 1. The zero-order valence-corrected chi connectivity index (χ0v) is 10.9. The molecule has 1 aromatic carbocycles. The fourth-order valence-electron chi connectivity index (χ4n) is 2.20. The van der Waals surface area contributed by atoms with Crippen LogP contribution in [0.2, 0.25) is 0 Å². The number of carbonyl (C=O) groups is 2. The summed E-state index contributed by atoms with van der Waals surface area (Å²) < 4.78 is 0. The minimum atomic E-state index is -1.17. The summed E-state index contributed by atoms with van der Waals surface area (Å²) in [5.41, 5.74) is 6.74. The van der Waals surface area contributed by atoms with Gasteiger partial charge >= 0.3 is 5.97 Å². The summed E-state index contributed by atoms with van der Waals surface area (Å²) in [6.07, 6.45) is 2.13. The number of nitrogens with one attached hydrogen (secondary N) is 2. The van der Waals surface area contributed by atoms with E-state index in [1.165, 1.54) is 6.92 Å². The van der Waals surface area contributed by atoms with E-state index in [4.69, 9.17) is 5.73 Å². The van der Waals surface area contributed by atoms with Crippen LogP contribution in [0.3, 0.4) is 0 Å². The number of carboxylic acid groups (broad SMARTS) is 1. The van der Waals surface area contributed by atoms with E-state index in [2.05, 4.69) is 10.3 Å². The van der Waals surface area contributed by atoms with Crippen LogP contribution in [0.5, 0.6) is 5.75 Å². The minimum Gasteiger partial charge on any atom is -0.506 e. The minimum absolute atomic E-state index is 0.0603. The second-order valence-corrected chi connectivity index (χ2v) is 4.41. The maximum absolute atomic E-state index is 11.2. The standard InChI is InChI=1S/C13H15N3O4/c1-6(17)16-12-9(18)4-8(13(19)20)11-10(12)7(2-3-14)5-15-11/h4-5,15,18H,2-3,14H2,1H3,(H,16,17)(H,19,20). The van der Waals surface area contributed by atoms with Gasteiger partial charge in [-0.25, -0.2) is 4.79 Å². The zero-order chi connectivity index (χ0) is 14.9. The van der Waals surface area contributed by atoms with E-state index in [1.54, 1.807) is 6.20 Å². The number of carbonyl (C=O) groups excluding carboxylic acids is 1. The average molecular weight is 277 g/mol. The van der Waals surface area contributed by atoms with E-state index in [0.29, 0.717) is 23.9 Å². The van der Waals surface area contributed by atoms with E-state index in [9.17, 15) is 19.8 Å². The van der Waals surface area contributed by atoms with Crippen LogP contribution in [0.25, 0.3) is 10.9 Å². The first-order valence-corrected chi connectivity index (χ1v) is 6.02. The third kappa shape index (κ3) is 2.30. The second kappa shape index (κ2) is 5.22. The molecule has 0 saturated heterocycles. The van der Waals surface area contributed by atoms with Crippen molar-refractivity contribution in [1.29, 1.82) is 0 Å². The van der Waals surface area contributed by atoms with E-state index < -0.39 is 5.97 Å². The summed E-state index contributed by atoms with van der Waals surface area (Å²) in [7, 11) is 0. The summed E-state index contributed by atoms with van der Waals surface area (Å²) in [4.78, 5) is 25.3. The van der Waals surface area contributed by atoms with Gasteiger partial charge in [0.15, 0.2) is 0 Å². The molecule has 1 amide bonds. The number of amides is 1. The van der Waals surface area contributed by atoms with E-state index in [0.717, 1.165) is 11.6 Å². The van der Waals surface area contributed by atoms with Crippen molar-refractivity contribution in [2.75, 3.05) is 11.9 Å². The Morgan fingerprint density at radius 2 is 2.15 bits per heavy atom. The first-order valence-electron chi connectivity index (χ1n) is 6.02. The van der Waals surface area contributed by atoms with Gasteiger partial charge in [-0.2, -0.15) is 0 Å². The molecule has 2 rings (SSSR count). The van der Waals surface area contributed by atoms with Crippen LogP contribution in [0.1, 0.15) is 22.8 Å². The molecule has 7 nitrogen and oxygen atoms in total. The van der Waals surface area contributed by atoms with Gasteiger partial charge in [-0.3, -0.25) is 4.79 Å². The second-order valence-electron chi connectivity index (χ2n) is 4.41. The van der Waals surface area contributed by atoms with Crippen molar-refractivity contribution in [1.82, 2.24) is 4.98 Å². The van der Waals surface area contributed by atoms with Crippen LogP contribution >= 0.6 is 0 Å². The lowest BCUT2D eigenvalue weighted by atomic mass is 10.0. The monoisotopic (exact) mass is 277 g/mol. The molecule has 6 N–H and O–H groups in total. The van der Waals surface area contributed by atoms with E-state index in [-0.39, 0.29) is 22.9 Å². The van der Waals surface area contributed by atoms with Gasteiger partial charge in [-0.1, -0.05) is 0 Å². The predicted molar refractivity (Wildman–Crippen MR) is 74.0 cm³/mol. The molecule has 7 heteroatoms. The Balaban J connectivity index is 2.79. The normalized spacial score (nSPS) is 10.7. The van der Waals surface area contributed by atoms with Gasteiger partial charge in [0, 0.05) is 18.5 Å². The number of phenolic OH excluding ortho intramolecular Hbond substituents is 1. The van der Waals surface area contributed by atoms with Crippen molar-refractivity contribution in [3.8, 4) is 5.75 Å². The Bertz CT molecular complexity index is 690. The first-order chi connectivity index (χ1) is 9.45. The first kappa shape index (κ1) is 13.9. The number of aromatic hydroxyl groups is 1. The van der Waals surface area contributed by atoms with Crippen molar-refractivity contribution in [2.24, 2.45) is 5.73 Å². The number of aromatic amines is 1. The molecule has 1 heterocycles. The molecule has 20 heavy (non-hydrogen) atoms. The van der Waals surface area contributed by atoms with Gasteiger partial charge in [0.2, 0.25) is 5.91 Å². The molecular weight excluding hydrogens is 262 g/mol. The molecular formula is C13H15N3O4. The van der Waals surface area contributed by atoms with E-state index >= 15 is 0 Å². The smallest absolute Gasteiger partial charge is 0.337 e. The zero-order valence-electron chi connectivity index (χ0n) is 10.9. The molecule has 0 radical (unpaired) electrons. The van der Waals surface area contributed by atoms with Crippen LogP contribution in [0, 0.1) is 0 Å². The Kier molecular flexibility index (Phi) is 3.62. The Labute approximate surface area is 114 Å². The fourth-order valence-corrected chi connectivity index (χ4v) is 2.20. The molecule has 2 aromatic rings. The fraction of sp³-hybridized carbons (Fsp3) is 0.231. The number of carboxylic acids is 1. The highest BCUT2D eigenvalue weighted by Gasteiger charge is 2.20. The number of phenols is 1. The molecule has 0 saturated carbocycles. The summed E-state index contributed by atoms with van der Waals surface area (Å²) in [5, 5.41) is 22.2. The van der Waals surface area contributed by atoms with Crippen molar-refractivity contribution in [3.05, 3.63) is 23.4 Å². The SMILES string of the molecule is CC(=O)Nc1c(O)cc(C(=O)O)c2[nH]cc(CCN)c12. The van der Waals surface area contributed by atoms with Gasteiger partial charge in [-0.15, -0.1) is 0 Å². The Morgan fingerprint density at radius 1 is 1.45 bits per heavy atom. The Hall–Kier alpha value is -2.54. The molecule has 0 spiro atoms.